The van der Waals surface area contributed by atoms with Gasteiger partial charge in [0, 0.05) is 100 Å². The standard InChI is InChI=1S/C29H44FN7O5S.C24H36FN7O4S.C4H8O2/c1-4-43(38,39)37-20-8-7-9-21(37)16-22(15-20)35(3)29-31-24(18-42-23-11-13-40-17-23)27(30)28(33-29)32-25-14-19(2)36(34-25)26-10-5-6-12-41-26;1-4-37(33,34)32-16-6-5-7-17(32)12-18(11-16)31(3)24-26-20(14-36-19-8-9-35-13-19)22(25)23(28-24)27-21-10-15(2)29-30-21;5-4-1-2-6-3-4/h14,20-23,26H,4-13,15-18H2,1-3H3,(H,31,32,33,34);10,16-19H,4-9,11-14H2,1-3H3,(H2,26,27,28,29,30);4-5H,1-3H2/t20-,21+,22?,23-,26?;16-,17+,18?,19-;4-/m111/s1. The second kappa shape index (κ2) is 28.8. The van der Waals surface area contributed by atoms with Crippen LogP contribution in [0, 0.1) is 25.5 Å². The molecule has 478 valence electrons. The molecule has 0 spiro atoms. The van der Waals surface area contributed by atoms with Gasteiger partial charge in [0.25, 0.3) is 0 Å². The van der Waals surface area contributed by atoms with Gasteiger partial charge in [0.05, 0.1) is 62.9 Å². The van der Waals surface area contributed by atoms with Crippen molar-refractivity contribution in [3.63, 3.8) is 0 Å². The fraction of sp³-hybridized carbons (Fsp3) is 0.754. The maximum Gasteiger partial charge on any atom is 0.227 e. The molecule has 0 aliphatic carbocycles. The lowest BCUT2D eigenvalue weighted by molar-refractivity contribution is -0.0404. The topological polar surface area (TPSA) is 279 Å². The number of H-pyrrole nitrogens is 1. The first-order valence-corrected chi connectivity index (χ1v) is 34.1. The summed E-state index contributed by atoms with van der Waals surface area (Å²) >= 11 is 0. The minimum absolute atomic E-state index is 0.00404. The van der Waals surface area contributed by atoms with Crippen LogP contribution < -0.4 is 20.4 Å². The third-order valence-electron chi connectivity index (χ3n) is 17.8. The second-order valence-corrected chi connectivity index (χ2v) is 28.2. The summed E-state index contributed by atoms with van der Waals surface area (Å²) < 4.78 is 122. The van der Waals surface area contributed by atoms with Gasteiger partial charge in [-0.05, 0) is 118 Å². The highest BCUT2D eigenvalue weighted by molar-refractivity contribution is 7.89. The Bertz CT molecular complexity index is 3080. The van der Waals surface area contributed by atoms with E-state index < -0.39 is 31.7 Å². The highest BCUT2D eigenvalue weighted by Gasteiger charge is 2.47. The number of ether oxygens (including phenoxy) is 6. The first-order valence-electron chi connectivity index (χ1n) is 30.9. The number of aliphatic hydroxyl groups is 1. The number of aryl methyl sites for hydroxylation is 2. The van der Waals surface area contributed by atoms with Crippen molar-refractivity contribution in [3.05, 3.63) is 46.5 Å². The van der Waals surface area contributed by atoms with Crippen molar-refractivity contribution in [3.8, 4) is 0 Å². The third-order valence-corrected chi connectivity index (χ3v) is 21.8. The first-order chi connectivity index (χ1) is 41.4. The van der Waals surface area contributed by atoms with Crippen LogP contribution in [0.2, 0.25) is 0 Å². The van der Waals surface area contributed by atoms with E-state index in [1.807, 2.05) is 48.5 Å². The van der Waals surface area contributed by atoms with Gasteiger partial charge in [-0.1, -0.05) is 12.8 Å². The molecule has 4 N–H and O–H groups in total. The van der Waals surface area contributed by atoms with E-state index in [2.05, 4.69) is 45.9 Å². The summed E-state index contributed by atoms with van der Waals surface area (Å²) in [5.41, 5.74) is 2.06. The molecule has 4 aromatic heterocycles. The van der Waals surface area contributed by atoms with Gasteiger partial charge in [0.15, 0.2) is 41.1 Å². The number of aliphatic hydroxyl groups excluding tert-OH is 1. The Morgan fingerprint density at radius 1 is 0.640 bits per heavy atom. The van der Waals surface area contributed by atoms with Gasteiger partial charge in [-0.25, -0.2) is 40.3 Å². The number of sulfonamides is 2. The Kier molecular flexibility index (Phi) is 21.5. The highest BCUT2D eigenvalue weighted by atomic mass is 32.2. The van der Waals surface area contributed by atoms with Crippen molar-refractivity contribution in [1.29, 1.82) is 0 Å². The summed E-state index contributed by atoms with van der Waals surface area (Å²) in [5.74, 6) is 0.755. The smallest absolute Gasteiger partial charge is 0.227 e. The lowest BCUT2D eigenvalue weighted by atomic mass is 9.83. The summed E-state index contributed by atoms with van der Waals surface area (Å²) in [6.45, 7) is 11.4. The number of anilines is 6. The number of fused-ring (bicyclic) bond motifs is 4. The normalized spacial score (nSPS) is 27.9. The number of piperidine rings is 4. The minimum atomic E-state index is -3.29. The molecule has 3 unspecified atom stereocenters. The Morgan fingerprint density at radius 2 is 1.13 bits per heavy atom. The molecule has 4 bridgehead atoms. The molecule has 12 rings (SSSR count). The van der Waals surface area contributed by atoms with Gasteiger partial charge in [0.2, 0.25) is 31.9 Å². The van der Waals surface area contributed by atoms with Gasteiger partial charge < -0.3 is 54.0 Å². The molecule has 8 aliphatic rings. The first kappa shape index (κ1) is 64.2. The molecule has 8 aliphatic heterocycles. The van der Waals surface area contributed by atoms with Crippen LogP contribution >= 0.6 is 0 Å². The van der Waals surface area contributed by atoms with E-state index in [9.17, 15) is 16.8 Å². The molecule has 10 atom stereocenters. The van der Waals surface area contributed by atoms with E-state index in [0.29, 0.717) is 88.9 Å². The fourth-order valence-electron chi connectivity index (χ4n) is 13.1. The van der Waals surface area contributed by atoms with Gasteiger partial charge in [-0.2, -0.15) is 28.8 Å². The Labute approximate surface area is 504 Å². The number of hydrogen-bond donors (Lipinski definition) is 4. The van der Waals surface area contributed by atoms with E-state index in [1.54, 1.807) is 28.5 Å². The van der Waals surface area contributed by atoms with Gasteiger partial charge in [0.1, 0.15) is 11.4 Å². The van der Waals surface area contributed by atoms with Crippen molar-refractivity contribution < 1.29 is 59.1 Å². The molecule has 29 heteroatoms. The molecule has 4 aromatic rings. The predicted octanol–water partition coefficient (Wildman–Crippen LogP) is 6.68. The third kappa shape index (κ3) is 15.4. The number of aromatic nitrogens is 8. The minimum Gasteiger partial charge on any atom is -0.391 e. The zero-order valence-electron chi connectivity index (χ0n) is 50.5. The Hall–Kier alpha value is -4.82. The monoisotopic (exact) mass is 1250 g/mol. The number of nitrogens with one attached hydrogen (secondary N) is 3. The quantitative estimate of drug-likeness (QED) is 0.0762. The largest absolute Gasteiger partial charge is 0.391 e. The molecule has 0 aromatic carbocycles. The summed E-state index contributed by atoms with van der Waals surface area (Å²) in [4.78, 5) is 22.3. The molecule has 8 fully saturated rings. The molecular weight excluding hydrogens is 1160 g/mol. The van der Waals surface area contributed by atoms with Crippen LogP contribution in [0.4, 0.5) is 43.9 Å². The second-order valence-electron chi connectivity index (χ2n) is 23.9. The zero-order valence-corrected chi connectivity index (χ0v) is 52.2. The lowest BCUT2D eigenvalue weighted by Crippen LogP contribution is -2.58. The van der Waals surface area contributed by atoms with Gasteiger partial charge in [-0.15, -0.1) is 0 Å². The highest BCUT2D eigenvalue weighted by Crippen LogP contribution is 2.41. The van der Waals surface area contributed by atoms with Crippen LogP contribution in [0.15, 0.2) is 12.1 Å². The lowest BCUT2D eigenvalue weighted by Gasteiger charge is -2.49. The molecular formula is C57H88F2N14O11S2. The average Bonchev–Trinajstić information content (AvgIpc) is 1.10. The predicted molar refractivity (Wildman–Crippen MR) is 317 cm³/mol. The van der Waals surface area contributed by atoms with E-state index in [-0.39, 0.29) is 109 Å². The van der Waals surface area contributed by atoms with E-state index >= 15 is 8.78 Å². The van der Waals surface area contributed by atoms with E-state index in [1.165, 1.54) is 0 Å². The summed E-state index contributed by atoms with van der Waals surface area (Å²) in [6.07, 6.45) is 12.9. The van der Waals surface area contributed by atoms with Crippen molar-refractivity contribution in [2.45, 2.75) is 204 Å². The van der Waals surface area contributed by atoms with Crippen LogP contribution in [0.5, 0.6) is 0 Å². The van der Waals surface area contributed by atoms with Crippen molar-refractivity contribution >= 4 is 55.2 Å². The number of rotatable bonds is 19. The van der Waals surface area contributed by atoms with Gasteiger partial charge >= 0.3 is 0 Å². The molecule has 0 amide bonds. The van der Waals surface area contributed by atoms with Gasteiger partial charge in [-0.3, -0.25) is 5.10 Å². The zero-order chi connectivity index (χ0) is 60.7. The Balaban J connectivity index is 0.000000175. The number of aromatic amines is 1. The number of halogens is 2. The number of hydrogen-bond acceptors (Lipinski definition) is 21. The Morgan fingerprint density at radius 3 is 1.52 bits per heavy atom. The average molecular weight is 1250 g/mol. The van der Waals surface area contributed by atoms with Crippen molar-refractivity contribution in [2.24, 2.45) is 0 Å². The van der Waals surface area contributed by atoms with Crippen LogP contribution in [-0.4, -0.2) is 197 Å². The van der Waals surface area contributed by atoms with Crippen LogP contribution in [0.3, 0.4) is 0 Å². The number of nitrogens with zero attached hydrogens (tertiary/aromatic N) is 11. The summed E-state index contributed by atoms with van der Waals surface area (Å²) in [7, 11) is -2.76. The maximum atomic E-state index is 15.9. The molecule has 12 heterocycles. The van der Waals surface area contributed by atoms with Crippen LogP contribution in [0.1, 0.15) is 146 Å². The molecule has 0 radical (unpaired) electrons. The van der Waals surface area contributed by atoms with Crippen molar-refractivity contribution in [2.75, 3.05) is 92.3 Å². The van der Waals surface area contributed by atoms with Crippen LogP contribution in [-0.2, 0) is 61.7 Å². The summed E-state index contributed by atoms with van der Waals surface area (Å²) in [6, 6.07) is 3.48. The SMILES string of the molecule is CCS(=O)(=O)N1[C@@H]2CCC[C@H]1CC(N(C)c1nc(CO[C@@H]3CCOC3)c(F)c(Nc3cc(C)[nH]n3)n1)C2.CCS(=O)(=O)N1[C@@H]2CCC[C@H]1CC(N(C)c1nc(CO[C@@H]3CCOC3)c(F)c(Nc3cc(C)n(C4CCCCO4)n3)n1)C2.O[C@@H]1CCOC1. The maximum absolute atomic E-state index is 15.9. The fourth-order valence-corrected chi connectivity index (χ4v) is 16.3. The molecule has 86 heavy (non-hydrogen) atoms. The van der Waals surface area contributed by atoms with E-state index in [0.717, 1.165) is 95.0 Å². The molecule has 0 saturated carbocycles. The van der Waals surface area contributed by atoms with Crippen molar-refractivity contribution in [1.82, 2.24) is 48.5 Å². The van der Waals surface area contributed by atoms with Crippen LogP contribution in [0.25, 0.3) is 0 Å². The molecule has 25 nitrogen and oxygen atoms in total. The molecule has 8 saturated heterocycles. The summed E-state index contributed by atoms with van der Waals surface area (Å²) in [5, 5.41) is 26.3. The van der Waals surface area contributed by atoms with E-state index in [4.69, 9.17) is 33.5 Å².